The number of hydrogen-bond donors (Lipinski definition) is 0. The number of rotatable bonds is 4. The van der Waals surface area contributed by atoms with E-state index in [-0.39, 0.29) is 11.9 Å². The van der Waals surface area contributed by atoms with Gasteiger partial charge in [0.05, 0.1) is 20.1 Å². The van der Waals surface area contributed by atoms with E-state index >= 15 is 0 Å². The third-order valence-corrected chi connectivity index (χ3v) is 2.32. The minimum atomic E-state index is -0.194. The van der Waals surface area contributed by atoms with Gasteiger partial charge in [-0.3, -0.25) is 4.79 Å². The van der Waals surface area contributed by atoms with Gasteiger partial charge in [0.25, 0.3) is 0 Å². The molecule has 0 bridgehead atoms. The normalized spacial score (nSPS) is 11.9. The predicted octanol–water partition coefficient (Wildman–Crippen LogP) is 2.05. The minimum Gasteiger partial charge on any atom is -0.496 e. The first-order valence-corrected chi connectivity index (χ1v) is 4.88. The fourth-order valence-corrected chi connectivity index (χ4v) is 1.49. The van der Waals surface area contributed by atoms with Crippen LogP contribution in [0.1, 0.15) is 12.5 Å². The van der Waals surface area contributed by atoms with E-state index < -0.39 is 0 Å². The second-order valence-electron chi connectivity index (χ2n) is 3.44. The van der Waals surface area contributed by atoms with Crippen molar-refractivity contribution < 1.29 is 14.3 Å². The summed E-state index contributed by atoms with van der Waals surface area (Å²) in [5, 5.41) is 0. The van der Waals surface area contributed by atoms with Crippen molar-refractivity contribution in [3.63, 3.8) is 0 Å². The van der Waals surface area contributed by atoms with E-state index in [9.17, 15) is 4.79 Å². The largest absolute Gasteiger partial charge is 0.496 e. The first-order valence-electron chi connectivity index (χ1n) is 4.88. The zero-order valence-corrected chi connectivity index (χ0v) is 9.32. The summed E-state index contributed by atoms with van der Waals surface area (Å²) in [7, 11) is 3.03. The first kappa shape index (κ1) is 11.6. The predicted molar refractivity (Wildman–Crippen MR) is 57.9 cm³/mol. The molecule has 82 valence electrons. The maximum absolute atomic E-state index is 11.3. The van der Waals surface area contributed by atoms with Gasteiger partial charge in [0, 0.05) is 0 Å². The highest BCUT2D eigenvalue weighted by molar-refractivity contribution is 5.72. The summed E-state index contributed by atoms with van der Waals surface area (Å²) in [4.78, 5) is 11.3. The molecule has 0 aliphatic carbocycles. The van der Waals surface area contributed by atoms with E-state index in [0.29, 0.717) is 6.42 Å². The van der Waals surface area contributed by atoms with Crippen LogP contribution in [0.15, 0.2) is 24.3 Å². The van der Waals surface area contributed by atoms with Gasteiger partial charge in [-0.25, -0.2) is 0 Å². The SMILES string of the molecule is COC(=O)C(C)Cc1ccccc1OC. The Bertz CT molecular complexity index is 333. The highest BCUT2D eigenvalue weighted by Crippen LogP contribution is 2.21. The summed E-state index contributed by atoms with van der Waals surface area (Å²) in [5.41, 5.74) is 1.03. The van der Waals surface area contributed by atoms with E-state index in [1.807, 2.05) is 31.2 Å². The highest BCUT2D eigenvalue weighted by atomic mass is 16.5. The maximum atomic E-state index is 11.3. The zero-order valence-electron chi connectivity index (χ0n) is 9.32. The van der Waals surface area contributed by atoms with Crippen LogP contribution in [0.4, 0.5) is 0 Å². The molecule has 1 aromatic carbocycles. The summed E-state index contributed by atoms with van der Waals surface area (Å²) >= 11 is 0. The molecule has 0 radical (unpaired) electrons. The van der Waals surface area contributed by atoms with Crippen molar-refractivity contribution in [2.24, 2.45) is 5.92 Å². The van der Waals surface area contributed by atoms with Gasteiger partial charge in [-0.1, -0.05) is 25.1 Å². The van der Waals surface area contributed by atoms with Crippen molar-refractivity contribution >= 4 is 5.97 Å². The monoisotopic (exact) mass is 208 g/mol. The lowest BCUT2D eigenvalue weighted by Crippen LogP contribution is -2.15. The minimum absolute atomic E-state index is 0.147. The summed E-state index contributed by atoms with van der Waals surface area (Å²) in [6.07, 6.45) is 0.636. The van der Waals surface area contributed by atoms with E-state index in [4.69, 9.17) is 4.74 Å². The molecule has 0 heterocycles. The standard InChI is InChI=1S/C12H16O3/c1-9(12(13)15-3)8-10-6-4-5-7-11(10)14-2/h4-7,9H,8H2,1-3H3. The number of hydrogen-bond acceptors (Lipinski definition) is 3. The molecule has 0 fully saturated rings. The fraction of sp³-hybridized carbons (Fsp3) is 0.417. The fourth-order valence-electron chi connectivity index (χ4n) is 1.49. The number of ether oxygens (including phenoxy) is 2. The zero-order chi connectivity index (χ0) is 11.3. The first-order chi connectivity index (χ1) is 7.19. The highest BCUT2D eigenvalue weighted by Gasteiger charge is 2.15. The molecular formula is C12H16O3. The quantitative estimate of drug-likeness (QED) is 0.710. The molecule has 0 spiro atoms. The molecule has 0 aromatic heterocycles. The molecular weight excluding hydrogens is 192 g/mol. The number of carbonyl (C=O) groups is 1. The summed E-state index contributed by atoms with van der Waals surface area (Å²) in [5.74, 6) is 0.473. The number of carbonyl (C=O) groups excluding carboxylic acids is 1. The Kier molecular flexibility index (Phi) is 4.16. The van der Waals surface area contributed by atoms with Crippen LogP contribution in [0.3, 0.4) is 0 Å². The van der Waals surface area contributed by atoms with Crippen LogP contribution >= 0.6 is 0 Å². The second kappa shape index (κ2) is 5.39. The van der Waals surface area contributed by atoms with Crippen LogP contribution in [-0.2, 0) is 16.0 Å². The molecule has 1 aromatic rings. The molecule has 1 unspecified atom stereocenters. The molecule has 1 rings (SSSR count). The van der Waals surface area contributed by atoms with Gasteiger partial charge in [-0.05, 0) is 18.1 Å². The number of benzene rings is 1. The lowest BCUT2D eigenvalue weighted by atomic mass is 10.0. The Hall–Kier alpha value is -1.51. The Morgan fingerprint density at radius 1 is 1.33 bits per heavy atom. The van der Waals surface area contributed by atoms with Gasteiger partial charge in [-0.2, -0.15) is 0 Å². The Balaban J connectivity index is 2.75. The van der Waals surface area contributed by atoms with E-state index in [0.717, 1.165) is 11.3 Å². The molecule has 0 aliphatic heterocycles. The van der Waals surface area contributed by atoms with Crippen molar-refractivity contribution in [1.82, 2.24) is 0 Å². The number of para-hydroxylation sites is 1. The van der Waals surface area contributed by atoms with Gasteiger partial charge >= 0.3 is 5.97 Å². The van der Waals surface area contributed by atoms with Crippen LogP contribution in [0, 0.1) is 5.92 Å². The van der Waals surface area contributed by atoms with Crippen LogP contribution in [0.25, 0.3) is 0 Å². The molecule has 15 heavy (non-hydrogen) atoms. The second-order valence-corrected chi connectivity index (χ2v) is 3.44. The third kappa shape index (κ3) is 2.98. The third-order valence-electron chi connectivity index (χ3n) is 2.32. The van der Waals surface area contributed by atoms with Gasteiger partial charge in [0.2, 0.25) is 0 Å². The van der Waals surface area contributed by atoms with Crippen molar-refractivity contribution in [3.8, 4) is 5.75 Å². The summed E-state index contributed by atoms with van der Waals surface area (Å²) < 4.78 is 9.89. The van der Waals surface area contributed by atoms with E-state index in [1.54, 1.807) is 7.11 Å². The molecule has 3 nitrogen and oxygen atoms in total. The summed E-state index contributed by atoms with van der Waals surface area (Å²) in [6, 6.07) is 7.69. The summed E-state index contributed by atoms with van der Waals surface area (Å²) in [6.45, 7) is 1.85. The van der Waals surface area contributed by atoms with Crippen molar-refractivity contribution in [3.05, 3.63) is 29.8 Å². The van der Waals surface area contributed by atoms with Gasteiger partial charge in [0.1, 0.15) is 5.75 Å². The van der Waals surface area contributed by atoms with Gasteiger partial charge in [0.15, 0.2) is 0 Å². The Morgan fingerprint density at radius 3 is 2.60 bits per heavy atom. The lowest BCUT2D eigenvalue weighted by Gasteiger charge is -2.11. The number of methoxy groups -OCH3 is 2. The number of esters is 1. The Labute approximate surface area is 90.0 Å². The molecule has 0 N–H and O–H groups in total. The van der Waals surface area contributed by atoms with E-state index in [1.165, 1.54) is 7.11 Å². The molecule has 1 atom stereocenters. The van der Waals surface area contributed by atoms with Crippen molar-refractivity contribution in [1.29, 1.82) is 0 Å². The molecule has 0 amide bonds. The van der Waals surface area contributed by atoms with E-state index in [2.05, 4.69) is 4.74 Å². The molecule has 0 saturated heterocycles. The van der Waals surface area contributed by atoms with Crippen molar-refractivity contribution in [2.75, 3.05) is 14.2 Å². The average Bonchev–Trinajstić information content (AvgIpc) is 2.28. The van der Waals surface area contributed by atoms with Crippen LogP contribution < -0.4 is 4.74 Å². The maximum Gasteiger partial charge on any atom is 0.308 e. The van der Waals surface area contributed by atoms with Crippen LogP contribution in [0.2, 0.25) is 0 Å². The van der Waals surface area contributed by atoms with Crippen LogP contribution in [0.5, 0.6) is 5.75 Å². The topological polar surface area (TPSA) is 35.5 Å². The Morgan fingerprint density at radius 2 is 2.00 bits per heavy atom. The lowest BCUT2D eigenvalue weighted by molar-refractivity contribution is -0.144. The molecule has 0 aliphatic rings. The molecule has 3 heteroatoms. The molecule has 0 saturated carbocycles. The van der Waals surface area contributed by atoms with Crippen LogP contribution in [-0.4, -0.2) is 20.2 Å². The average molecular weight is 208 g/mol. The smallest absolute Gasteiger partial charge is 0.308 e. The van der Waals surface area contributed by atoms with Crippen molar-refractivity contribution in [2.45, 2.75) is 13.3 Å². The van der Waals surface area contributed by atoms with Gasteiger partial charge < -0.3 is 9.47 Å². The van der Waals surface area contributed by atoms with Gasteiger partial charge in [-0.15, -0.1) is 0 Å².